The lowest BCUT2D eigenvalue weighted by Crippen LogP contribution is -2.26. The maximum Gasteiger partial charge on any atom is 0.243 e. The first kappa shape index (κ1) is 18.2. The predicted octanol–water partition coefficient (Wildman–Crippen LogP) is 2.58. The van der Waals surface area contributed by atoms with E-state index in [2.05, 4.69) is 15.5 Å². The maximum absolute atomic E-state index is 12.7. The molecule has 8 nitrogen and oxygen atoms in total. The third-order valence-corrected chi connectivity index (χ3v) is 6.13. The van der Waals surface area contributed by atoms with Crippen molar-refractivity contribution in [3.63, 3.8) is 0 Å². The minimum Gasteiger partial charge on any atom is -0.337 e. The number of carbonyl (C=O) groups excluding carboxylic acids is 1. The highest BCUT2D eigenvalue weighted by molar-refractivity contribution is 7.89. The summed E-state index contributed by atoms with van der Waals surface area (Å²) in [6, 6.07) is 9.66. The van der Waals surface area contributed by atoms with E-state index in [-0.39, 0.29) is 23.2 Å². The molecule has 136 valence electrons. The quantitative estimate of drug-likeness (QED) is 0.691. The van der Waals surface area contributed by atoms with Gasteiger partial charge in [-0.25, -0.2) is 8.42 Å². The van der Waals surface area contributed by atoms with Gasteiger partial charge in [-0.15, -0.1) is 11.3 Å². The molecule has 0 aliphatic carbocycles. The van der Waals surface area contributed by atoms with Gasteiger partial charge in [0.05, 0.1) is 16.3 Å². The first-order valence-corrected chi connectivity index (χ1v) is 9.88. The third-order valence-electron chi connectivity index (χ3n) is 3.45. The maximum atomic E-state index is 12.7. The number of aromatic nitrogens is 2. The second-order valence-electron chi connectivity index (χ2n) is 5.46. The van der Waals surface area contributed by atoms with Crippen molar-refractivity contribution in [2.24, 2.45) is 0 Å². The number of nitrogens with one attached hydrogen (secondary N) is 1. The Kier molecular flexibility index (Phi) is 5.16. The number of thiophene rings is 1. The highest BCUT2D eigenvalue weighted by Crippen LogP contribution is 2.23. The first-order valence-electron chi connectivity index (χ1n) is 7.57. The zero-order valence-corrected chi connectivity index (χ0v) is 15.7. The van der Waals surface area contributed by atoms with E-state index in [0.29, 0.717) is 11.5 Å². The summed E-state index contributed by atoms with van der Waals surface area (Å²) in [5.74, 6) is 0.408. The van der Waals surface area contributed by atoms with Crippen molar-refractivity contribution in [2.75, 3.05) is 12.4 Å². The molecule has 10 heteroatoms. The van der Waals surface area contributed by atoms with Gasteiger partial charge in [-0.1, -0.05) is 11.2 Å². The summed E-state index contributed by atoms with van der Waals surface area (Å²) in [5, 5.41) is 8.35. The summed E-state index contributed by atoms with van der Waals surface area (Å²) in [5.41, 5.74) is 0.525. The summed E-state index contributed by atoms with van der Waals surface area (Å²) in [6.45, 7) is 1.33. The topological polar surface area (TPSA) is 105 Å². The third kappa shape index (κ3) is 3.98. The fourth-order valence-corrected chi connectivity index (χ4v) is 3.96. The van der Waals surface area contributed by atoms with Gasteiger partial charge in [0.25, 0.3) is 0 Å². The lowest BCUT2D eigenvalue weighted by atomic mass is 10.3. The summed E-state index contributed by atoms with van der Waals surface area (Å²) in [4.78, 5) is 16.2. The molecule has 1 N–H and O–H groups in total. The number of anilines is 1. The molecule has 1 aromatic carbocycles. The van der Waals surface area contributed by atoms with Crippen LogP contribution in [0, 0.1) is 0 Å². The van der Waals surface area contributed by atoms with Crippen molar-refractivity contribution in [2.45, 2.75) is 18.4 Å². The minimum absolute atomic E-state index is 0.0475. The largest absolute Gasteiger partial charge is 0.337 e. The molecule has 0 aliphatic rings. The van der Waals surface area contributed by atoms with E-state index in [4.69, 9.17) is 4.52 Å². The van der Waals surface area contributed by atoms with Crippen LogP contribution >= 0.6 is 11.3 Å². The lowest BCUT2D eigenvalue weighted by Gasteiger charge is -2.15. The van der Waals surface area contributed by atoms with E-state index in [0.717, 1.165) is 9.18 Å². The lowest BCUT2D eigenvalue weighted by molar-refractivity contribution is -0.114. The minimum atomic E-state index is -3.73. The van der Waals surface area contributed by atoms with Gasteiger partial charge in [-0.3, -0.25) is 4.79 Å². The molecular formula is C16H16N4O4S2. The molecule has 3 aromatic rings. The van der Waals surface area contributed by atoms with Crippen LogP contribution in [-0.4, -0.2) is 35.8 Å². The van der Waals surface area contributed by atoms with Crippen LogP contribution in [0.3, 0.4) is 0 Å². The Morgan fingerprint density at radius 1 is 1.27 bits per heavy atom. The molecule has 0 fully saturated rings. The SMILES string of the molecule is CC(=O)Nc1ccc(S(=O)(=O)N(C)Cc2nc(-c3cccs3)no2)cc1. The van der Waals surface area contributed by atoms with Gasteiger partial charge in [-0.2, -0.15) is 9.29 Å². The fraction of sp³-hybridized carbons (Fsp3) is 0.188. The van der Waals surface area contributed by atoms with Crippen LogP contribution < -0.4 is 5.32 Å². The number of hydrogen-bond acceptors (Lipinski definition) is 7. The van der Waals surface area contributed by atoms with E-state index < -0.39 is 10.0 Å². The van der Waals surface area contributed by atoms with E-state index in [1.165, 1.54) is 49.6 Å². The summed E-state index contributed by atoms with van der Waals surface area (Å²) < 4.78 is 31.6. The molecule has 0 radical (unpaired) electrons. The number of carbonyl (C=O) groups is 1. The van der Waals surface area contributed by atoms with Gasteiger partial charge in [0.2, 0.25) is 27.6 Å². The van der Waals surface area contributed by atoms with Crippen molar-refractivity contribution < 1.29 is 17.7 Å². The van der Waals surface area contributed by atoms with Crippen molar-refractivity contribution in [3.8, 4) is 10.7 Å². The standard InChI is InChI=1S/C16H16N4O4S2/c1-11(21)17-12-5-7-13(8-6-12)26(22,23)20(2)10-15-18-16(19-24-15)14-4-3-9-25-14/h3-9H,10H2,1-2H3,(H,17,21). The fourth-order valence-electron chi connectivity index (χ4n) is 2.19. The van der Waals surface area contributed by atoms with Crippen LogP contribution in [0.5, 0.6) is 0 Å². The van der Waals surface area contributed by atoms with Crippen LogP contribution in [-0.2, 0) is 21.4 Å². The van der Waals surface area contributed by atoms with Gasteiger partial charge < -0.3 is 9.84 Å². The van der Waals surface area contributed by atoms with E-state index in [1.807, 2.05) is 17.5 Å². The average molecular weight is 392 g/mol. The number of hydrogen-bond donors (Lipinski definition) is 1. The number of rotatable bonds is 6. The van der Waals surface area contributed by atoms with Crippen LogP contribution in [0.4, 0.5) is 5.69 Å². The second-order valence-corrected chi connectivity index (χ2v) is 8.45. The monoisotopic (exact) mass is 392 g/mol. The smallest absolute Gasteiger partial charge is 0.243 e. The molecule has 0 atom stereocenters. The molecule has 2 heterocycles. The molecule has 0 bridgehead atoms. The van der Waals surface area contributed by atoms with Crippen LogP contribution in [0.15, 0.2) is 51.2 Å². The van der Waals surface area contributed by atoms with E-state index in [9.17, 15) is 13.2 Å². The van der Waals surface area contributed by atoms with E-state index in [1.54, 1.807) is 0 Å². The normalized spacial score (nSPS) is 11.7. The van der Waals surface area contributed by atoms with Crippen molar-refractivity contribution in [3.05, 3.63) is 47.7 Å². The Hall–Kier alpha value is -2.56. The Morgan fingerprint density at radius 2 is 2.00 bits per heavy atom. The van der Waals surface area contributed by atoms with Crippen molar-refractivity contribution in [1.82, 2.24) is 14.4 Å². The Bertz CT molecular complexity index is 995. The number of nitrogens with zero attached hydrogens (tertiary/aromatic N) is 3. The molecule has 26 heavy (non-hydrogen) atoms. The molecule has 3 rings (SSSR count). The van der Waals surface area contributed by atoms with Gasteiger partial charge in [0.1, 0.15) is 0 Å². The first-order chi connectivity index (χ1) is 12.4. The second kappa shape index (κ2) is 7.36. The summed E-state index contributed by atoms with van der Waals surface area (Å²) >= 11 is 1.47. The molecule has 0 aliphatic heterocycles. The van der Waals surface area contributed by atoms with E-state index >= 15 is 0 Å². The van der Waals surface area contributed by atoms with Crippen LogP contribution in [0.2, 0.25) is 0 Å². The molecule has 0 saturated carbocycles. The number of sulfonamides is 1. The number of amides is 1. The molecule has 0 unspecified atom stereocenters. The molecule has 2 aromatic heterocycles. The predicted molar refractivity (Wildman–Crippen MR) is 97.0 cm³/mol. The summed E-state index contributed by atoms with van der Waals surface area (Å²) in [7, 11) is -2.29. The average Bonchev–Trinajstić information content (AvgIpc) is 3.25. The van der Waals surface area contributed by atoms with Gasteiger partial charge in [0, 0.05) is 19.7 Å². The summed E-state index contributed by atoms with van der Waals surface area (Å²) in [6.07, 6.45) is 0. The molecular weight excluding hydrogens is 376 g/mol. The van der Waals surface area contributed by atoms with Crippen molar-refractivity contribution >= 4 is 33.0 Å². The highest BCUT2D eigenvalue weighted by Gasteiger charge is 2.23. The zero-order valence-electron chi connectivity index (χ0n) is 14.0. The highest BCUT2D eigenvalue weighted by atomic mass is 32.2. The Balaban J connectivity index is 1.74. The Morgan fingerprint density at radius 3 is 2.62 bits per heavy atom. The van der Waals surface area contributed by atoms with Gasteiger partial charge >= 0.3 is 0 Å². The van der Waals surface area contributed by atoms with Crippen LogP contribution in [0.1, 0.15) is 12.8 Å². The molecule has 0 saturated heterocycles. The molecule has 1 amide bonds. The van der Waals surface area contributed by atoms with Gasteiger partial charge in [0.15, 0.2) is 0 Å². The Labute approximate surface area is 154 Å². The van der Waals surface area contributed by atoms with Gasteiger partial charge in [-0.05, 0) is 35.7 Å². The zero-order chi connectivity index (χ0) is 18.7. The number of benzene rings is 1. The molecule has 0 spiro atoms. The van der Waals surface area contributed by atoms with Crippen molar-refractivity contribution in [1.29, 1.82) is 0 Å². The van der Waals surface area contributed by atoms with Crippen LogP contribution in [0.25, 0.3) is 10.7 Å².